The lowest BCUT2D eigenvalue weighted by atomic mass is 10.0. The van der Waals surface area contributed by atoms with Crippen molar-refractivity contribution in [1.82, 2.24) is 26.3 Å². The van der Waals surface area contributed by atoms with Gasteiger partial charge in [-0.2, -0.15) is 0 Å². The highest BCUT2D eigenvalue weighted by Crippen LogP contribution is 2.19. The van der Waals surface area contributed by atoms with Crippen molar-refractivity contribution in [3.05, 3.63) is 65.9 Å². The first kappa shape index (κ1) is 30.6. The van der Waals surface area contributed by atoms with E-state index < -0.39 is 53.8 Å². The Kier molecular flexibility index (Phi) is 10.4. The molecular weight excluding hydrogens is 532 g/mol. The Labute approximate surface area is 235 Å². The minimum Gasteiger partial charge on any atom is -0.508 e. The SMILES string of the molecule is C[C@H](NC(=O)CN)C(=O)N[C@@H](Cc1c[nH]c2ccccc12)C(=O)N[C@@H](C)C(=O)N[C@@H](Cc1ccc(O)cc1)C(=O)O. The lowest BCUT2D eigenvalue weighted by Gasteiger charge is -2.24. The number of para-hydroxylation sites is 1. The van der Waals surface area contributed by atoms with Crippen LogP contribution in [0.25, 0.3) is 10.9 Å². The van der Waals surface area contributed by atoms with Gasteiger partial charge in [0.15, 0.2) is 0 Å². The van der Waals surface area contributed by atoms with E-state index in [4.69, 9.17) is 5.73 Å². The highest BCUT2D eigenvalue weighted by atomic mass is 16.4. The number of hydrogen-bond acceptors (Lipinski definition) is 7. The molecule has 0 saturated carbocycles. The van der Waals surface area contributed by atoms with E-state index in [2.05, 4.69) is 26.3 Å². The van der Waals surface area contributed by atoms with Crippen LogP contribution in [0.3, 0.4) is 0 Å². The van der Waals surface area contributed by atoms with Crippen molar-refractivity contribution < 1.29 is 34.2 Å². The molecule has 0 saturated heterocycles. The third kappa shape index (κ3) is 8.54. The number of carbonyl (C=O) groups excluding carboxylic acids is 4. The Hall–Kier alpha value is -4.91. The Bertz CT molecular complexity index is 1400. The standard InChI is InChI=1S/C28H34N6O7/c1-15(31-24(36)13-29)25(37)33-22(12-18-14-30-21-6-4-3-5-20(18)21)27(39)32-16(2)26(38)34-23(28(40)41)11-17-7-9-19(35)10-8-17/h3-10,14-16,22-23,30,35H,11-13,29H2,1-2H3,(H,31,36)(H,32,39)(H,33,37)(H,34,38)(H,40,41)/t15-,16-,22-,23-/m0/s1. The fourth-order valence-corrected chi connectivity index (χ4v) is 4.14. The minimum atomic E-state index is -1.29. The van der Waals surface area contributed by atoms with Gasteiger partial charge in [-0.25, -0.2) is 4.79 Å². The molecule has 13 nitrogen and oxygen atoms in total. The normalized spacial score (nSPS) is 13.8. The Morgan fingerprint density at radius 2 is 1.41 bits per heavy atom. The second-order valence-electron chi connectivity index (χ2n) is 9.62. The van der Waals surface area contributed by atoms with Gasteiger partial charge in [-0.3, -0.25) is 19.2 Å². The van der Waals surface area contributed by atoms with Crippen molar-refractivity contribution in [3.63, 3.8) is 0 Å². The molecule has 3 aromatic rings. The maximum Gasteiger partial charge on any atom is 0.326 e. The number of amides is 4. The van der Waals surface area contributed by atoms with Gasteiger partial charge in [-0.05, 0) is 43.2 Å². The zero-order valence-corrected chi connectivity index (χ0v) is 22.6. The summed E-state index contributed by atoms with van der Waals surface area (Å²) in [4.78, 5) is 65.5. The van der Waals surface area contributed by atoms with Crippen LogP contribution in [0.5, 0.6) is 5.75 Å². The van der Waals surface area contributed by atoms with Gasteiger partial charge in [0, 0.05) is 29.9 Å². The summed E-state index contributed by atoms with van der Waals surface area (Å²) in [6.45, 7) is 2.52. The molecule has 2 aromatic carbocycles. The van der Waals surface area contributed by atoms with Gasteiger partial charge in [-0.1, -0.05) is 30.3 Å². The Morgan fingerprint density at radius 3 is 2.05 bits per heavy atom. The van der Waals surface area contributed by atoms with Crippen LogP contribution in [0.1, 0.15) is 25.0 Å². The molecular formula is C28H34N6O7. The van der Waals surface area contributed by atoms with Crippen LogP contribution in [0.4, 0.5) is 0 Å². The number of aliphatic carboxylic acids is 1. The number of aromatic hydroxyl groups is 1. The van der Waals surface area contributed by atoms with Crippen LogP contribution in [-0.4, -0.2) is 75.5 Å². The number of nitrogens with one attached hydrogen (secondary N) is 5. The van der Waals surface area contributed by atoms with E-state index in [1.54, 1.807) is 6.20 Å². The number of carbonyl (C=O) groups is 5. The number of hydrogen-bond donors (Lipinski definition) is 8. The first-order valence-corrected chi connectivity index (χ1v) is 12.9. The van der Waals surface area contributed by atoms with Gasteiger partial charge in [0.25, 0.3) is 0 Å². The van der Waals surface area contributed by atoms with E-state index in [1.807, 2.05) is 24.3 Å². The summed E-state index contributed by atoms with van der Waals surface area (Å²) >= 11 is 0. The third-order valence-electron chi connectivity index (χ3n) is 6.43. The number of carboxylic acid groups (broad SMARTS) is 1. The molecule has 1 aromatic heterocycles. The number of aromatic amines is 1. The molecule has 4 amide bonds. The zero-order chi connectivity index (χ0) is 30.1. The van der Waals surface area contributed by atoms with Crippen molar-refractivity contribution in [2.45, 2.75) is 50.9 Å². The fourth-order valence-electron chi connectivity index (χ4n) is 4.14. The molecule has 0 aliphatic carbocycles. The Morgan fingerprint density at radius 1 is 0.805 bits per heavy atom. The number of H-pyrrole nitrogens is 1. The number of phenols is 1. The molecule has 0 fully saturated rings. The lowest BCUT2D eigenvalue weighted by Crippen LogP contribution is -2.57. The van der Waals surface area contributed by atoms with Crippen molar-refractivity contribution in [3.8, 4) is 5.75 Å². The van der Waals surface area contributed by atoms with E-state index in [0.717, 1.165) is 16.5 Å². The molecule has 41 heavy (non-hydrogen) atoms. The molecule has 0 aliphatic heterocycles. The van der Waals surface area contributed by atoms with E-state index >= 15 is 0 Å². The largest absolute Gasteiger partial charge is 0.508 e. The van der Waals surface area contributed by atoms with Crippen LogP contribution >= 0.6 is 0 Å². The second kappa shape index (κ2) is 13.9. The van der Waals surface area contributed by atoms with Crippen LogP contribution in [0.2, 0.25) is 0 Å². The van der Waals surface area contributed by atoms with Crippen LogP contribution in [-0.2, 0) is 36.8 Å². The summed E-state index contributed by atoms with van der Waals surface area (Å²) in [6, 6.07) is 8.73. The van der Waals surface area contributed by atoms with Crippen molar-refractivity contribution in [1.29, 1.82) is 0 Å². The van der Waals surface area contributed by atoms with Gasteiger partial charge in [-0.15, -0.1) is 0 Å². The van der Waals surface area contributed by atoms with Gasteiger partial charge in [0.1, 0.15) is 29.9 Å². The van der Waals surface area contributed by atoms with Crippen molar-refractivity contribution in [2.24, 2.45) is 5.73 Å². The molecule has 13 heteroatoms. The first-order valence-electron chi connectivity index (χ1n) is 12.9. The maximum absolute atomic E-state index is 13.3. The smallest absolute Gasteiger partial charge is 0.326 e. The summed E-state index contributed by atoms with van der Waals surface area (Å²) in [5.41, 5.74) is 7.44. The molecule has 0 bridgehead atoms. The van der Waals surface area contributed by atoms with E-state index in [9.17, 15) is 34.2 Å². The number of benzene rings is 2. The average molecular weight is 567 g/mol. The number of nitrogens with two attached hydrogens (primary N) is 1. The minimum absolute atomic E-state index is 0.0198. The topological polar surface area (TPSA) is 216 Å². The van der Waals surface area contributed by atoms with E-state index in [1.165, 1.54) is 38.1 Å². The molecule has 9 N–H and O–H groups in total. The lowest BCUT2D eigenvalue weighted by molar-refractivity contribution is -0.142. The molecule has 0 unspecified atom stereocenters. The molecule has 0 spiro atoms. The van der Waals surface area contributed by atoms with Crippen LogP contribution in [0, 0.1) is 0 Å². The predicted octanol–water partition coefficient (Wildman–Crippen LogP) is -0.319. The fraction of sp³-hybridized carbons (Fsp3) is 0.321. The molecule has 3 rings (SSSR count). The molecule has 0 aliphatic rings. The van der Waals surface area contributed by atoms with E-state index in [0.29, 0.717) is 5.56 Å². The predicted molar refractivity (Wildman–Crippen MR) is 150 cm³/mol. The van der Waals surface area contributed by atoms with E-state index in [-0.39, 0.29) is 25.1 Å². The number of carboxylic acids is 1. The van der Waals surface area contributed by atoms with Gasteiger partial charge < -0.3 is 42.2 Å². The monoisotopic (exact) mass is 566 g/mol. The Balaban J connectivity index is 1.72. The quantitative estimate of drug-likeness (QED) is 0.137. The van der Waals surface area contributed by atoms with Gasteiger partial charge >= 0.3 is 5.97 Å². The second-order valence-corrected chi connectivity index (χ2v) is 9.62. The van der Waals surface area contributed by atoms with Crippen LogP contribution in [0.15, 0.2) is 54.7 Å². The van der Waals surface area contributed by atoms with Crippen molar-refractivity contribution >= 4 is 40.5 Å². The maximum atomic E-state index is 13.3. The van der Waals surface area contributed by atoms with Gasteiger partial charge in [0.2, 0.25) is 23.6 Å². The number of phenolic OH excluding ortho intramolecular Hbond substituents is 1. The number of rotatable bonds is 13. The van der Waals surface area contributed by atoms with Crippen molar-refractivity contribution in [2.75, 3.05) is 6.54 Å². The average Bonchev–Trinajstić information content (AvgIpc) is 3.35. The molecule has 218 valence electrons. The molecule has 1 heterocycles. The third-order valence-corrected chi connectivity index (χ3v) is 6.43. The highest BCUT2D eigenvalue weighted by molar-refractivity contribution is 5.95. The summed E-state index contributed by atoms with van der Waals surface area (Å²) in [5, 5.41) is 29.9. The summed E-state index contributed by atoms with van der Waals surface area (Å²) in [5.74, 6) is -3.87. The highest BCUT2D eigenvalue weighted by Gasteiger charge is 2.29. The zero-order valence-electron chi connectivity index (χ0n) is 22.6. The molecule has 0 radical (unpaired) electrons. The summed E-state index contributed by atoms with van der Waals surface area (Å²) < 4.78 is 0. The molecule has 4 atom stereocenters. The number of fused-ring (bicyclic) bond motifs is 1. The number of aromatic nitrogens is 1. The summed E-state index contributed by atoms with van der Waals surface area (Å²) in [7, 11) is 0. The van der Waals surface area contributed by atoms with Gasteiger partial charge in [0.05, 0.1) is 6.54 Å². The van der Waals surface area contributed by atoms with Crippen LogP contribution < -0.4 is 27.0 Å². The first-order chi connectivity index (χ1) is 19.5. The summed E-state index contributed by atoms with van der Waals surface area (Å²) in [6.07, 6.45) is 1.73.